The first kappa shape index (κ1) is 11.7. The van der Waals surface area contributed by atoms with E-state index in [1.165, 1.54) is 12.4 Å². The van der Waals surface area contributed by atoms with E-state index in [1.807, 2.05) is 6.29 Å². The molecule has 6 nitrogen and oxygen atoms in total. The lowest BCUT2D eigenvalue weighted by Gasteiger charge is -2.21. The van der Waals surface area contributed by atoms with Gasteiger partial charge in [0.1, 0.15) is 12.2 Å². The number of carbonyl (C=O) groups excluding carboxylic acids is 1. The Kier molecular flexibility index (Phi) is 2.91. The van der Waals surface area contributed by atoms with Crippen LogP contribution in [-0.2, 0) is 11.3 Å². The van der Waals surface area contributed by atoms with Crippen molar-refractivity contribution in [1.29, 1.82) is 0 Å². The zero-order chi connectivity index (χ0) is 13.2. The molecule has 6 heteroatoms. The van der Waals surface area contributed by atoms with E-state index in [2.05, 4.69) is 15.0 Å². The van der Waals surface area contributed by atoms with Crippen LogP contribution in [0.4, 0.5) is 0 Å². The van der Waals surface area contributed by atoms with Crippen molar-refractivity contribution in [3.05, 3.63) is 40.8 Å². The van der Waals surface area contributed by atoms with Crippen molar-refractivity contribution in [2.24, 2.45) is 0 Å². The minimum Gasteiger partial charge on any atom is -0.296 e. The van der Waals surface area contributed by atoms with Gasteiger partial charge in [0.05, 0.1) is 17.3 Å². The van der Waals surface area contributed by atoms with Crippen LogP contribution in [-0.4, -0.2) is 25.8 Å². The summed E-state index contributed by atoms with van der Waals surface area (Å²) >= 11 is 0. The van der Waals surface area contributed by atoms with Gasteiger partial charge in [0, 0.05) is 18.8 Å². The van der Waals surface area contributed by atoms with Crippen LogP contribution in [0.5, 0.6) is 0 Å². The van der Waals surface area contributed by atoms with Gasteiger partial charge in [-0.25, -0.2) is 15.0 Å². The fourth-order valence-corrected chi connectivity index (χ4v) is 2.28. The number of rotatable bonds is 2. The highest BCUT2D eigenvalue weighted by atomic mass is 16.1. The molecule has 0 amide bonds. The summed E-state index contributed by atoms with van der Waals surface area (Å²) in [6.45, 7) is 0.601. The summed E-state index contributed by atoms with van der Waals surface area (Å²) in [4.78, 5) is 35.3. The summed E-state index contributed by atoms with van der Waals surface area (Å²) in [5.74, 6) is 0.0607. The van der Waals surface area contributed by atoms with Crippen molar-refractivity contribution in [1.82, 2.24) is 19.5 Å². The molecule has 0 saturated heterocycles. The Bertz CT molecular complexity index is 666. The van der Waals surface area contributed by atoms with E-state index in [-0.39, 0.29) is 5.56 Å². The maximum atomic E-state index is 12.1. The van der Waals surface area contributed by atoms with E-state index in [9.17, 15) is 9.59 Å². The first-order valence-electron chi connectivity index (χ1n) is 6.05. The normalized spacial score (nSPS) is 17.8. The van der Waals surface area contributed by atoms with Gasteiger partial charge in [0.15, 0.2) is 0 Å². The van der Waals surface area contributed by atoms with Gasteiger partial charge < -0.3 is 0 Å². The van der Waals surface area contributed by atoms with Crippen LogP contribution in [0.2, 0.25) is 0 Å². The summed E-state index contributed by atoms with van der Waals surface area (Å²) in [5.41, 5.74) is 0.894. The Morgan fingerprint density at radius 2 is 2.26 bits per heavy atom. The highest BCUT2D eigenvalue weighted by Gasteiger charge is 2.23. The molecular weight excluding hydrogens is 244 g/mol. The number of hydrogen-bond donors (Lipinski definition) is 0. The predicted molar refractivity (Wildman–Crippen MR) is 67.2 cm³/mol. The Balaban J connectivity index is 2.17. The lowest BCUT2D eigenvalue weighted by Crippen LogP contribution is -2.30. The van der Waals surface area contributed by atoms with Gasteiger partial charge in [-0.15, -0.1) is 0 Å². The third-order valence-corrected chi connectivity index (χ3v) is 3.21. The van der Waals surface area contributed by atoms with Crippen LogP contribution in [0.1, 0.15) is 24.6 Å². The second kappa shape index (κ2) is 4.72. The minimum absolute atomic E-state index is 0.154. The number of nitrogens with zero attached hydrogens (tertiary/aromatic N) is 4. The zero-order valence-corrected chi connectivity index (χ0v) is 10.1. The Hall–Kier alpha value is -2.37. The van der Waals surface area contributed by atoms with Gasteiger partial charge in [-0.1, -0.05) is 0 Å². The number of aromatic nitrogens is 4. The van der Waals surface area contributed by atoms with E-state index >= 15 is 0 Å². The van der Waals surface area contributed by atoms with Crippen LogP contribution in [0.3, 0.4) is 0 Å². The van der Waals surface area contributed by atoms with Gasteiger partial charge in [0.2, 0.25) is 6.29 Å². The fraction of sp³-hybridized carbons (Fsp3) is 0.308. The minimum atomic E-state index is -0.428. The molecule has 1 radical (unpaired) electrons. The van der Waals surface area contributed by atoms with Crippen molar-refractivity contribution < 1.29 is 4.79 Å². The van der Waals surface area contributed by atoms with Crippen molar-refractivity contribution in [3.63, 3.8) is 0 Å². The van der Waals surface area contributed by atoms with Gasteiger partial charge in [-0.05, 0) is 18.9 Å². The topological polar surface area (TPSA) is 77.7 Å². The lowest BCUT2D eigenvalue weighted by molar-refractivity contribution is 0.454. The van der Waals surface area contributed by atoms with Crippen LogP contribution in [0.25, 0.3) is 11.4 Å². The quantitative estimate of drug-likeness (QED) is 0.788. The monoisotopic (exact) mass is 255 g/mol. The van der Waals surface area contributed by atoms with Gasteiger partial charge in [0.25, 0.3) is 5.56 Å². The first-order chi connectivity index (χ1) is 9.29. The van der Waals surface area contributed by atoms with Crippen molar-refractivity contribution in [2.45, 2.75) is 25.3 Å². The average Bonchev–Trinajstić information content (AvgIpc) is 2.47. The maximum Gasteiger partial charge on any atom is 0.254 e. The Labute approximate surface area is 109 Å². The molecule has 0 N–H and O–H groups in total. The lowest BCUT2D eigenvalue weighted by atomic mass is 10.00. The first-order valence-corrected chi connectivity index (χ1v) is 6.05. The molecular formula is C13H11N4O2. The molecule has 1 atom stereocenters. The van der Waals surface area contributed by atoms with Crippen LogP contribution >= 0.6 is 0 Å². The van der Waals surface area contributed by atoms with E-state index in [0.717, 1.165) is 6.42 Å². The molecule has 1 aliphatic rings. The molecule has 1 aliphatic heterocycles. The Morgan fingerprint density at radius 1 is 1.37 bits per heavy atom. The van der Waals surface area contributed by atoms with E-state index in [0.29, 0.717) is 30.2 Å². The summed E-state index contributed by atoms with van der Waals surface area (Å²) in [6.07, 6.45) is 6.43. The van der Waals surface area contributed by atoms with Crippen LogP contribution < -0.4 is 5.56 Å². The fourth-order valence-electron chi connectivity index (χ4n) is 2.28. The predicted octanol–water partition coefficient (Wildman–Crippen LogP) is 0.687. The van der Waals surface area contributed by atoms with E-state index in [1.54, 1.807) is 16.8 Å². The summed E-state index contributed by atoms with van der Waals surface area (Å²) < 4.78 is 1.55. The van der Waals surface area contributed by atoms with Gasteiger partial charge in [-0.3, -0.25) is 14.2 Å². The molecule has 19 heavy (non-hydrogen) atoms. The molecule has 95 valence electrons. The molecule has 0 fully saturated rings. The molecule has 0 aromatic carbocycles. The summed E-state index contributed by atoms with van der Waals surface area (Å²) in [7, 11) is 0. The highest BCUT2D eigenvalue weighted by molar-refractivity contribution is 5.62. The largest absolute Gasteiger partial charge is 0.296 e. The smallest absolute Gasteiger partial charge is 0.254 e. The maximum absolute atomic E-state index is 12.1. The third kappa shape index (κ3) is 2.05. The summed E-state index contributed by atoms with van der Waals surface area (Å²) in [6, 6.07) is 3.13. The number of hydrogen-bond acceptors (Lipinski definition) is 5. The summed E-state index contributed by atoms with van der Waals surface area (Å²) in [5, 5.41) is 0. The van der Waals surface area contributed by atoms with Crippen LogP contribution in [0.15, 0.2) is 29.5 Å². The van der Waals surface area contributed by atoms with Crippen LogP contribution in [0, 0.1) is 0 Å². The molecule has 0 saturated carbocycles. The van der Waals surface area contributed by atoms with Crippen molar-refractivity contribution in [2.75, 3.05) is 0 Å². The standard InChI is InChI=1S/C13H11N4O2/c18-7-9-2-1-5-17-12(19)6-11(16-13(9)17)10-3-4-14-8-15-10/h3-4,6,8-9H,1-2,5H2. The van der Waals surface area contributed by atoms with E-state index in [4.69, 9.17) is 0 Å². The second-order valence-corrected chi connectivity index (χ2v) is 4.40. The number of fused-ring (bicyclic) bond motifs is 1. The molecule has 2 aromatic rings. The molecule has 3 heterocycles. The Morgan fingerprint density at radius 3 is 3.00 bits per heavy atom. The van der Waals surface area contributed by atoms with Crippen molar-refractivity contribution >= 4 is 6.29 Å². The highest BCUT2D eigenvalue weighted by Crippen LogP contribution is 2.24. The van der Waals surface area contributed by atoms with Gasteiger partial charge in [-0.2, -0.15) is 0 Å². The second-order valence-electron chi connectivity index (χ2n) is 4.40. The molecule has 0 spiro atoms. The SMILES string of the molecule is O=[C]C1CCCn2c1nc(-c1ccncn1)cc2=O. The van der Waals surface area contributed by atoms with E-state index < -0.39 is 5.92 Å². The third-order valence-electron chi connectivity index (χ3n) is 3.21. The molecule has 0 aliphatic carbocycles. The van der Waals surface area contributed by atoms with Gasteiger partial charge >= 0.3 is 0 Å². The molecule has 3 rings (SSSR count). The molecule has 0 bridgehead atoms. The molecule has 1 unspecified atom stereocenters. The zero-order valence-electron chi connectivity index (χ0n) is 10.1. The average molecular weight is 255 g/mol. The molecule has 2 aromatic heterocycles. The van der Waals surface area contributed by atoms with Crippen molar-refractivity contribution in [3.8, 4) is 11.4 Å².